The Balaban J connectivity index is 1.23. The largest absolute Gasteiger partial charge is 0.466 e. The molecule has 2 fully saturated rings. The Hall–Kier alpha value is -0.790. The van der Waals surface area contributed by atoms with E-state index < -0.39 is 5.92 Å². The summed E-state index contributed by atoms with van der Waals surface area (Å²) in [7, 11) is 0. The van der Waals surface area contributed by atoms with Gasteiger partial charge in [0.25, 0.3) is 11.1 Å². The molecule has 4 nitrogen and oxygen atoms in total. The second kappa shape index (κ2) is 7.68. The predicted octanol–water partition coefficient (Wildman–Crippen LogP) is 3.63. The van der Waals surface area contributed by atoms with Gasteiger partial charge in [-0.15, -0.1) is 0 Å². The van der Waals surface area contributed by atoms with E-state index in [1.54, 1.807) is 11.3 Å². The van der Waals surface area contributed by atoms with Crippen molar-refractivity contribution in [1.82, 2.24) is 9.88 Å². The van der Waals surface area contributed by atoms with Crippen LogP contribution in [-0.2, 0) is 12.8 Å². The molecule has 7 heteroatoms. The zero-order valence-electron chi connectivity index (χ0n) is 15.3. The van der Waals surface area contributed by atoms with Crippen molar-refractivity contribution in [2.75, 3.05) is 19.6 Å². The number of alkyl halides is 2. The van der Waals surface area contributed by atoms with Gasteiger partial charge in [0.15, 0.2) is 0 Å². The highest BCUT2D eigenvalue weighted by Gasteiger charge is 2.47. The number of thiazole rings is 1. The molecular formula is C19H29F2N3OS. The summed E-state index contributed by atoms with van der Waals surface area (Å²) in [6.07, 6.45) is 7.43. The monoisotopic (exact) mass is 385 g/mol. The Morgan fingerprint density at radius 2 is 1.88 bits per heavy atom. The van der Waals surface area contributed by atoms with Gasteiger partial charge in [-0.1, -0.05) is 11.3 Å². The number of aromatic nitrogens is 1. The summed E-state index contributed by atoms with van der Waals surface area (Å²) in [5, 5.41) is 0.586. The summed E-state index contributed by atoms with van der Waals surface area (Å²) in [4.78, 5) is 8.41. The van der Waals surface area contributed by atoms with E-state index in [4.69, 9.17) is 10.5 Å². The standard InChI is InChI=1S/C19H29F2N3OS/c20-19(21)11-15(12-19)25-18-23-16-6-9-24(10-7-17(16)26-18)8-5-13-1-3-14(22)4-2-13/h13-15H,1-12,22H2/t13-,14-. The lowest BCUT2D eigenvalue weighted by Crippen LogP contribution is -2.43. The first-order valence-electron chi connectivity index (χ1n) is 9.98. The van der Waals surface area contributed by atoms with Gasteiger partial charge >= 0.3 is 0 Å². The van der Waals surface area contributed by atoms with Gasteiger partial charge in [0.05, 0.1) is 5.69 Å². The predicted molar refractivity (Wildman–Crippen MR) is 99.1 cm³/mol. The Morgan fingerprint density at radius 3 is 2.62 bits per heavy atom. The molecule has 2 saturated carbocycles. The zero-order chi connectivity index (χ0) is 18.1. The van der Waals surface area contributed by atoms with E-state index >= 15 is 0 Å². The highest BCUT2D eigenvalue weighted by molar-refractivity contribution is 7.13. The van der Waals surface area contributed by atoms with Gasteiger partial charge in [0, 0.05) is 43.3 Å². The SMILES string of the molecule is N[C@H]1CC[C@H](CCN2CCc3nc(OC4CC(F)(F)C4)sc3CC2)CC1. The van der Waals surface area contributed by atoms with Gasteiger partial charge in [-0.25, -0.2) is 13.8 Å². The molecule has 0 bridgehead atoms. The van der Waals surface area contributed by atoms with Crippen LogP contribution in [0.15, 0.2) is 0 Å². The summed E-state index contributed by atoms with van der Waals surface area (Å²) in [6, 6.07) is 0.425. The lowest BCUT2D eigenvalue weighted by Gasteiger charge is -2.33. The quantitative estimate of drug-likeness (QED) is 0.841. The summed E-state index contributed by atoms with van der Waals surface area (Å²) in [6.45, 7) is 3.25. The Kier molecular flexibility index (Phi) is 5.48. The average Bonchev–Trinajstić information content (AvgIpc) is 2.86. The van der Waals surface area contributed by atoms with Crippen LogP contribution in [0.4, 0.5) is 8.78 Å². The normalized spacial score (nSPS) is 29.7. The molecule has 1 aromatic heterocycles. The fraction of sp³-hybridized carbons (Fsp3) is 0.842. The van der Waals surface area contributed by atoms with Crippen LogP contribution < -0.4 is 10.5 Å². The minimum Gasteiger partial charge on any atom is -0.466 e. The minimum absolute atomic E-state index is 0.170. The molecule has 0 amide bonds. The highest BCUT2D eigenvalue weighted by atomic mass is 32.1. The number of halogens is 2. The van der Waals surface area contributed by atoms with Crippen LogP contribution >= 0.6 is 11.3 Å². The molecule has 0 aromatic carbocycles. The van der Waals surface area contributed by atoms with E-state index in [1.807, 2.05) is 0 Å². The smallest absolute Gasteiger partial charge is 0.273 e. The molecule has 0 spiro atoms. The fourth-order valence-corrected chi connectivity index (χ4v) is 5.34. The van der Waals surface area contributed by atoms with E-state index in [1.165, 1.54) is 37.0 Å². The molecule has 2 heterocycles. The second-order valence-electron chi connectivity index (χ2n) is 8.26. The lowest BCUT2D eigenvalue weighted by molar-refractivity contribution is -0.134. The van der Waals surface area contributed by atoms with Crippen LogP contribution in [0.3, 0.4) is 0 Å². The third-order valence-electron chi connectivity index (χ3n) is 6.14. The summed E-state index contributed by atoms with van der Waals surface area (Å²) >= 11 is 1.56. The Bertz CT molecular complexity index is 582. The second-order valence-corrected chi connectivity index (χ2v) is 9.31. The minimum atomic E-state index is -2.54. The van der Waals surface area contributed by atoms with E-state index in [9.17, 15) is 8.78 Å². The summed E-state index contributed by atoms with van der Waals surface area (Å²) < 4.78 is 31.5. The van der Waals surface area contributed by atoms with Gasteiger partial charge in [-0.3, -0.25) is 0 Å². The van der Waals surface area contributed by atoms with Crippen LogP contribution in [0, 0.1) is 5.92 Å². The number of hydrogen-bond acceptors (Lipinski definition) is 5. The first-order chi connectivity index (χ1) is 12.5. The molecule has 2 aliphatic carbocycles. The van der Waals surface area contributed by atoms with Crippen molar-refractivity contribution in [2.24, 2.45) is 11.7 Å². The van der Waals surface area contributed by atoms with Crippen LogP contribution in [0.25, 0.3) is 0 Å². The van der Waals surface area contributed by atoms with Gasteiger partial charge in [0.1, 0.15) is 6.10 Å². The van der Waals surface area contributed by atoms with E-state index in [0.29, 0.717) is 11.2 Å². The molecule has 1 aromatic rings. The Morgan fingerprint density at radius 1 is 1.15 bits per heavy atom. The van der Waals surface area contributed by atoms with E-state index in [-0.39, 0.29) is 18.9 Å². The first kappa shape index (κ1) is 18.6. The maximum absolute atomic E-state index is 12.9. The fourth-order valence-electron chi connectivity index (χ4n) is 4.33. The molecule has 3 aliphatic rings. The molecule has 146 valence electrons. The molecule has 2 N–H and O–H groups in total. The van der Waals surface area contributed by atoms with Crippen molar-refractivity contribution >= 4 is 11.3 Å². The van der Waals surface area contributed by atoms with Gasteiger partial charge in [-0.2, -0.15) is 0 Å². The molecule has 0 unspecified atom stereocenters. The lowest BCUT2D eigenvalue weighted by atomic mass is 9.84. The maximum atomic E-state index is 12.9. The van der Waals surface area contributed by atoms with Crippen LogP contribution in [-0.4, -0.2) is 47.6 Å². The maximum Gasteiger partial charge on any atom is 0.273 e. The molecule has 0 radical (unpaired) electrons. The first-order valence-corrected chi connectivity index (χ1v) is 10.8. The van der Waals surface area contributed by atoms with E-state index in [0.717, 1.165) is 44.1 Å². The molecule has 1 aliphatic heterocycles. The van der Waals surface area contributed by atoms with Crippen LogP contribution in [0.2, 0.25) is 0 Å². The van der Waals surface area contributed by atoms with Crippen molar-refractivity contribution in [3.63, 3.8) is 0 Å². The summed E-state index contributed by atoms with van der Waals surface area (Å²) in [5.74, 6) is -1.70. The number of nitrogens with two attached hydrogens (primary N) is 1. The van der Waals surface area contributed by atoms with Crippen molar-refractivity contribution in [2.45, 2.75) is 75.9 Å². The third-order valence-corrected chi connectivity index (χ3v) is 7.19. The number of hydrogen-bond donors (Lipinski definition) is 1. The van der Waals surface area contributed by atoms with Crippen molar-refractivity contribution < 1.29 is 13.5 Å². The van der Waals surface area contributed by atoms with Crippen molar-refractivity contribution in [3.8, 4) is 5.19 Å². The van der Waals surface area contributed by atoms with Gasteiger partial charge in [0.2, 0.25) is 0 Å². The summed E-state index contributed by atoms with van der Waals surface area (Å²) in [5.41, 5.74) is 7.11. The molecule has 0 saturated heterocycles. The van der Waals surface area contributed by atoms with Crippen LogP contribution in [0.1, 0.15) is 55.5 Å². The molecular weight excluding hydrogens is 356 g/mol. The molecule has 4 rings (SSSR count). The molecule has 0 atom stereocenters. The number of nitrogens with zero attached hydrogens (tertiary/aromatic N) is 2. The van der Waals surface area contributed by atoms with Gasteiger partial charge < -0.3 is 15.4 Å². The third kappa shape index (κ3) is 4.54. The zero-order valence-corrected chi connectivity index (χ0v) is 16.1. The van der Waals surface area contributed by atoms with Crippen molar-refractivity contribution in [1.29, 1.82) is 0 Å². The topological polar surface area (TPSA) is 51.4 Å². The number of rotatable bonds is 5. The van der Waals surface area contributed by atoms with Gasteiger partial charge in [-0.05, 0) is 51.0 Å². The number of fused-ring (bicyclic) bond motifs is 1. The van der Waals surface area contributed by atoms with E-state index in [2.05, 4.69) is 9.88 Å². The average molecular weight is 386 g/mol. The van der Waals surface area contributed by atoms with Crippen LogP contribution in [0.5, 0.6) is 5.19 Å². The molecule has 26 heavy (non-hydrogen) atoms. The Labute approximate surface area is 158 Å². The number of ether oxygens (including phenoxy) is 1. The van der Waals surface area contributed by atoms with Crippen molar-refractivity contribution in [3.05, 3.63) is 10.6 Å². The highest BCUT2D eigenvalue weighted by Crippen LogP contribution is 2.41.